The smallest absolute Gasteiger partial charge is 0.319 e. The number of aromatic nitrogens is 2. The van der Waals surface area contributed by atoms with Crippen LogP contribution in [-0.2, 0) is 16.1 Å². The molecular weight excluding hydrogens is 182 g/mol. The van der Waals surface area contributed by atoms with Gasteiger partial charge < -0.3 is 4.74 Å². The van der Waals surface area contributed by atoms with Crippen molar-refractivity contribution in [1.82, 2.24) is 14.9 Å². The summed E-state index contributed by atoms with van der Waals surface area (Å²) < 4.78 is 4.54. The Balaban J connectivity index is 2.41. The van der Waals surface area contributed by atoms with E-state index in [9.17, 15) is 4.79 Å². The lowest BCUT2D eigenvalue weighted by Crippen LogP contribution is -2.26. The van der Waals surface area contributed by atoms with Gasteiger partial charge in [-0.2, -0.15) is 0 Å². The highest BCUT2D eigenvalue weighted by Crippen LogP contribution is 1.96. The molecule has 0 saturated carbocycles. The fraction of sp³-hybridized carbons (Fsp3) is 0.444. The predicted octanol–water partition coefficient (Wildman–Crippen LogP) is 0.0814. The molecule has 0 bridgehead atoms. The average Bonchev–Trinajstić information content (AvgIpc) is 2.19. The minimum Gasteiger partial charge on any atom is -0.468 e. The number of nitrogens with zero attached hydrogens (tertiary/aromatic N) is 3. The van der Waals surface area contributed by atoms with Gasteiger partial charge in [0, 0.05) is 25.1 Å². The zero-order valence-corrected chi connectivity index (χ0v) is 8.30. The van der Waals surface area contributed by atoms with Gasteiger partial charge >= 0.3 is 5.97 Å². The maximum absolute atomic E-state index is 10.9. The molecule has 0 aliphatic carbocycles. The first kappa shape index (κ1) is 10.6. The van der Waals surface area contributed by atoms with Crippen molar-refractivity contribution in [2.24, 2.45) is 0 Å². The maximum Gasteiger partial charge on any atom is 0.319 e. The molecule has 0 aromatic carbocycles. The third-order valence-electron chi connectivity index (χ3n) is 1.68. The Morgan fingerprint density at radius 3 is 2.93 bits per heavy atom. The van der Waals surface area contributed by atoms with Gasteiger partial charge in [0.25, 0.3) is 0 Å². The summed E-state index contributed by atoms with van der Waals surface area (Å²) in [4.78, 5) is 20.8. The van der Waals surface area contributed by atoms with Gasteiger partial charge in [-0.25, -0.2) is 0 Å². The molecule has 0 aliphatic rings. The second-order valence-electron chi connectivity index (χ2n) is 2.95. The molecule has 0 unspecified atom stereocenters. The molecular formula is C9H13N3O2. The van der Waals surface area contributed by atoms with Crippen LogP contribution in [0.4, 0.5) is 0 Å². The van der Waals surface area contributed by atoms with Crippen molar-refractivity contribution >= 4 is 5.97 Å². The van der Waals surface area contributed by atoms with Crippen LogP contribution in [0.3, 0.4) is 0 Å². The number of hydrogen-bond donors (Lipinski definition) is 0. The quantitative estimate of drug-likeness (QED) is 0.637. The number of methoxy groups -OCH3 is 1. The van der Waals surface area contributed by atoms with E-state index in [1.54, 1.807) is 18.6 Å². The summed E-state index contributed by atoms with van der Waals surface area (Å²) in [6.45, 7) is 0.843. The van der Waals surface area contributed by atoms with Crippen molar-refractivity contribution in [2.75, 3.05) is 20.7 Å². The zero-order valence-electron chi connectivity index (χ0n) is 8.30. The van der Waals surface area contributed by atoms with Crippen LogP contribution < -0.4 is 0 Å². The SMILES string of the molecule is COC(=O)CN(C)Cc1cnccn1. The second kappa shape index (κ2) is 5.29. The molecule has 1 rings (SSSR count). The van der Waals surface area contributed by atoms with E-state index in [-0.39, 0.29) is 12.5 Å². The molecule has 0 saturated heterocycles. The highest BCUT2D eigenvalue weighted by atomic mass is 16.5. The van der Waals surface area contributed by atoms with Gasteiger partial charge in [-0.3, -0.25) is 19.7 Å². The molecule has 0 amide bonds. The number of ether oxygens (including phenoxy) is 1. The summed E-state index contributed by atoms with van der Waals surface area (Å²) in [6, 6.07) is 0. The molecule has 5 nitrogen and oxygen atoms in total. The number of esters is 1. The van der Waals surface area contributed by atoms with Gasteiger partial charge in [-0.15, -0.1) is 0 Å². The van der Waals surface area contributed by atoms with Crippen molar-refractivity contribution in [3.8, 4) is 0 Å². The number of rotatable bonds is 4. The third kappa shape index (κ3) is 3.49. The topological polar surface area (TPSA) is 55.3 Å². The second-order valence-corrected chi connectivity index (χ2v) is 2.95. The number of carbonyl (C=O) groups excluding carboxylic acids is 1. The van der Waals surface area contributed by atoms with E-state index in [4.69, 9.17) is 0 Å². The Hall–Kier alpha value is -1.49. The molecule has 1 heterocycles. The van der Waals surface area contributed by atoms with Crippen LogP contribution >= 0.6 is 0 Å². The van der Waals surface area contributed by atoms with Crippen LogP contribution in [0.5, 0.6) is 0 Å². The van der Waals surface area contributed by atoms with Gasteiger partial charge in [0.15, 0.2) is 0 Å². The van der Waals surface area contributed by atoms with Gasteiger partial charge in [0.05, 0.1) is 19.3 Å². The van der Waals surface area contributed by atoms with Crippen LogP contribution in [0, 0.1) is 0 Å². The summed E-state index contributed by atoms with van der Waals surface area (Å²) in [5, 5.41) is 0. The summed E-state index contributed by atoms with van der Waals surface area (Å²) in [6.07, 6.45) is 4.92. The largest absolute Gasteiger partial charge is 0.468 e. The lowest BCUT2D eigenvalue weighted by Gasteiger charge is -2.13. The van der Waals surface area contributed by atoms with E-state index in [1.165, 1.54) is 7.11 Å². The number of carbonyl (C=O) groups is 1. The maximum atomic E-state index is 10.9. The fourth-order valence-electron chi connectivity index (χ4n) is 1.03. The van der Waals surface area contributed by atoms with Crippen molar-refractivity contribution in [3.05, 3.63) is 24.3 Å². The van der Waals surface area contributed by atoms with Gasteiger partial charge in [-0.05, 0) is 7.05 Å². The summed E-state index contributed by atoms with van der Waals surface area (Å²) in [5.74, 6) is -0.253. The lowest BCUT2D eigenvalue weighted by molar-refractivity contribution is -0.141. The lowest BCUT2D eigenvalue weighted by atomic mass is 10.4. The molecule has 0 spiro atoms. The van der Waals surface area contributed by atoms with Crippen LogP contribution in [0.25, 0.3) is 0 Å². The Morgan fingerprint density at radius 1 is 1.57 bits per heavy atom. The molecule has 5 heteroatoms. The Labute approximate surface area is 82.7 Å². The molecule has 0 fully saturated rings. The Kier molecular flexibility index (Phi) is 4.00. The predicted molar refractivity (Wildman–Crippen MR) is 50.4 cm³/mol. The molecule has 0 aliphatic heterocycles. The van der Waals surface area contributed by atoms with E-state index in [0.29, 0.717) is 6.54 Å². The van der Waals surface area contributed by atoms with Crippen LogP contribution in [0.2, 0.25) is 0 Å². The number of hydrogen-bond acceptors (Lipinski definition) is 5. The van der Waals surface area contributed by atoms with Gasteiger partial charge in [0.1, 0.15) is 0 Å². The molecule has 76 valence electrons. The van der Waals surface area contributed by atoms with Crippen molar-refractivity contribution in [3.63, 3.8) is 0 Å². The summed E-state index contributed by atoms with van der Waals surface area (Å²) >= 11 is 0. The van der Waals surface area contributed by atoms with E-state index < -0.39 is 0 Å². The van der Waals surface area contributed by atoms with Crippen molar-refractivity contribution < 1.29 is 9.53 Å². The van der Waals surface area contributed by atoms with E-state index in [0.717, 1.165) is 5.69 Å². The average molecular weight is 195 g/mol. The fourth-order valence-corrected chi connectivity index (χ4v) is 1.03. The van der Waals surface area contributed by atoms with Crippen LogP contribution in [0.15, 0.2) is 18.6 Å². The minimum atomic E-state index is -0.253. The van der Waals surface area contributed by atoms with Crippen LogP contribution in [-0.4, -0.2) is 41.5 Å². The first-order valence-electron chi connectivity index (χ1n) is 4.22. The zero-order chi connectivity index (χ0) is 10.4. The Morgan fingerprint density at radius 2 is 2.36 bits per heavy atom. The highest BCUT2D eigenvalue weighted by molar-refractivity contribution is 5.71. The first-order chi connectivity index (χ1) is 6.72. The molecule has 14 heavy (non-hydrogen) atoms. The summed E-state index contributed by atoms with van der Waals surface area (Å²) in [5.41, 5.74) is 0.832. The van der Waals surface area contributed by atoms with Crippen LogP contribution in [0.1, 0.15) is 5.69 Å². The van der Waals surface area contributed by atoms with Crippen molar-refractivity contribution in [1.29, 1.82) is 0 Å². The minimum absolute atomic E-state index is 0.253. The van der Waals surface area contributed by atoms with E-state index in [1.807, 2.05) is 11.9 Å². The van der Waals surface area contributed by atoms with Crippen molar-refractivity contribution in [2.45, 2.75) is 6.54 Å². The summed E-state index contributed by atoms with van der Waals surface area (Å²) in [7, 11) is 3.20. The number of likely N-dealkylation sites (N-methyl/N-ethyl adjacent to an activating group) is 1. The molecule has 0 N–H and O–H groups in total. The highest BCUT2D eigenvalue weighted by Gasteiger charge is 2.06. The molecule has 1 aromatic heterocycles. The first-order valence-corrected chi connectivity index (χ1v) is 4.22. The monoisotopic (exact) mass is 195 g/mol. The Bertz CT molecular complexity index is 289. The van der Waals surface area contributed by atoms with E-state index in [2.05, 4.69) is 14.7 Å². The normalized spacial score (nSPS) is 10.2. The third-order valence-corrected chi connectivity index (χ3v) is 1.68. The standard InChI is InChI=1S/C9H13N3O2/c1-12(7-9(13)14-2)6-8-5-10-3-4-11-8/h3-5H,6-7H2,1-2H3. The molecule has 0 radical (unpaired) electrons. The van der Waals surface area contributed by atoms with E-state index >= 15 is 0 Å². The molecule has 0 atom stereocenters. The van der Waals surface area contributed by atoms with Gasteiger partial charge in [-0.1, -0.05) is 0 Å². The molecule has 1 aromatic rings. The van der Waals surface area contributed by atoms with Gasteiger partial charge in [0.2, 0.25) is 0 Å².